The first-order valence-corrected chi connectivity index (χ1v) is 8.18. The van der Waals surface area contributed by atoms with E-state index in [0.29, 0.717) is 17.8 Å². The van der Waals surface area contributed by atoms with E-state index in [2.05, 4.69) is 10.6 Å². The minimum Gasteiger partial charge on any atom is -0.326 e. The van der Waals surface area contributed by atoms with Crippen molar-refractivity contribution in [1.82, 2.24) is 5.32 Å². The number of halogens is 1. The molecular formula is C19H20FN3O2. The molecule has 3 rings (SSSR count). The summed E-state index contributed by atoms with van der Waals surface area (Å²) < 4.78 is 13.5. The minimum atomic E-state index is -0.693. The van der Waals surface area contributed by atoms with Gasteiger partial charge in [0.05, 0.1) is 0 Å². The summed E-state index contributed by atoms with van der Waals surface area (Å²) in [4.78, 5) is 26.4. The molecule has 1 aliphatic rings. The predicted octanol–water partition coefficient (Wildman–Crippen LogP) is 3.23. The van der Waals surface area contributed by atoms with Gasteiger partial charge in [-0.1, -0.05) is 24.3 Å². The lowest BCUT2D eigenvalue weighted by molar-refractivity contribution is -0.119. The van der Waals surface area contributed by atoms with E-state index in [9.17, 15) is 14.0 Å². The number of nitrogens with zero attached hydrogens (tertiary/aromatic N) is 1. The van der Waals surface area contributed by atoms with Gasteiger partial charge in [0.1, 0.15) is 11.9 Å². The first-order valence-electron chi connectivity index (χ1n) is 8.18. The fourth-order valence-corrected chi connectivity index (χ4v) is 2.90. The van der Waals surface area contributed by atoms with Gasteiger partial charge in [0.2, 0.25) is 5.91 Å². The number of carbonyl (C=O) groups excluding carboxylic acids is 2. The molecule has 2 aromatic rings. The first-order chi connectivity index (χ1) is 12.0. The maximum Gasteiger partial charge on any atom is 0.319 e. The summed E-state index contributed by atoms with van der Waals surface area (Å²) >= 11 is 0. The van der Waals surface area contributed by atoms with Crippen molar-refractivity contribution in [1.29, 1.82) is 0 Å². The molecule has 2 aromatic carbocycles. The highest BCUT2D eigenvalue weighted by Crippen LogP contribution is 2.27. The summed E-state index contributed by atoms with van der Waals surface area (Å²) in [5.41, 5.74) is 2.86. The summed E-state index contributed by atoms with van der Waals surface area (Å²) in [6.07, 6.45) is 0.809. The third-order valence-electron chi connectivity index (χ3n) is 4.30. The molecule has 0 aromatic heterocycles. The van der Waals surface area contributed by atoms with Crippen LogP contribution in [0, 0.1) is 12.7 Å². The molecule has 130 valence electrons. The number of nitrogens with one attached hydrogen (secondary N) is 2. The van der Waals surface area contributed by atoms with Crippen LogP contribution in [0.4, 0.5) is 20.6 Å². The second kappa shape index (κ2) is 6.93. The van der Waals surface area contributed by atoms with E-state index in [1.807, 2.05) is 24.3 Å². The number of fused-ring (bicyclic) bond motifs is 1. The minimum absolute atomic E-state index is 0.171. The van der Waals surface area contributed by atoms with Crippen molar-refractivity contribution < 1.29 is 14.0 Å². The second-order valence-electron chi connectivity index (χ2n) is 6.15. The van der Waals surface area contributed by atoms with E-state index in [0.717, 1.165) is 17.7 Å². The largest absolute Gasteiger partial charge is 0.326 e. The average Bonchev–Trinajstić information content (AvgIpc) is 3.01. The number of benzene rings is 2. The van der Waals surface area contributed by atoms with Crippen molar-refractivity contribution in [3.05, 3.63) is 59.4 Å². The topological polar surface area (TPSA) is 61.4 Å². The summed E-state index contributed by atoms with van der Waals surface area (Å²) in [7, 11) is 0. The lowest BCUT2D eigenvalue weighted by atomic mass is 10.2. The number of amides is 3. The molecular weight excluding hydrogens is 321 g/mol. The molecule has 0 saturated heterocycles. The Labute approximate surface area is 145 Å². The van der Waals surface area contributed by atoms with Gasteiger partial charge >= 0.3 is 6.03 Å². The normalized spacial score (nSPS) is 14.0. The van der Waals surface area contributed by atoms with Crippen LogP contribution in [0.25, 0.3) is 0 Å². The van der Waals surface area contributed by atoms with Crippen molar-refractivity contribution in [2.75, 3.05) is 16.8 Å². The maximum absolute atomic E-state index is 13.5. The molecule has 0 spiro atoms. The molecule has 6 heteroatoms. The van der Waals surface area contributed by atoms with Crippen LogP contribution in [-0.2, 0) is 11.2 Å². The van der Waals surface area contributed by atoms with Crippen molar-refractivity contribution >= 4 is 23.3 Å². The predicted molar refractivity (Wildman–Crippen MR) is 95.3 cm³/mol. The Bertz CT molecular complexity index is 822. The number of urea groups is 1. The van der Waals surface area contributed by atoms with Crippen LogP contribution in [0.2, 0.25) is 0 Å². The number of rotatable bonds is 3. The Balaban J connectivity index is 1.62. The number of para-hydroxylation sites is 1. The molecule has 3 amide bonds. The quantitative estimate of drug-likeness (QED) is 0.900. The van der Waals surface area contributed by atoms with Crippen LogP contribution in [0.15, 0.2) is 42.5 Å². The molecule has 0 aliphatic carbocycles. The van der Waals surface area contributed by atoms with Gasteiger partial charge in [-0.3, -0.25) is 4.79 Å². The van der Waals surface area contributed by atoms with E-state index >= 15 is 0 Å². The van der Waals surface area contributed by atoms with Crippen LogP contribution in [0.5, 0.6) is 0 Å². The van der Waals surface area contributed by atoms with E-state index in [1.54, 1.807) is 30.9 Å². The molecule has 0 unspecified atom stereocenters. The number of hydrogen-bond donors (Lipinski definition) is 2. The van der Waals surface area contributed by atoms with Crippen molar-refractivity contribution in [2.45, 2.75) is 26.3 Å². The molecule has 2 N–H and O–H groups in total. The SMILES string of the molecule is Cc1ccc(NC(=O)N[C@@H](C)C(=O)N2CCc3ccccc32)cc1F. The summed E-state index contributed by atoms with van der Waals surface area (Å²) in [6, 6.07) is 10.9. The fraction of sp³-hybridized carbons (Fsp3) is 0.263. The molecule has 0 radical (unpaired) electrons. The van der Waals surface area contributed by atoms with Gasteiger partial charge in [-0.05, 0) is 49.6 Å². The number of anilines is 2. The third-order valence-corrected chi connectivity index (χ3v) is 4.30. The van der Waals surface area contributed by atoms with E-state index in [1.165, 1.54) is 6.07 Å². The van der Waals surface area contributed by atoms with Crippen LogP contribution in [-0.4, -0.2) is 24.5 Å². The Hall–Kier alpha value is -2.89. The molecule has 1 heterocycles. The van der Waals surface area contributed by atoms with E-state index < -0.39 is 17.9 Å². The molecule has 0 saturated carbocycles. The molecule has 1 atom stereocenters. The summed E-state index contributed by atoms with van der Waals surface area (Å²) in [6.45, 7) is 3.89. The van der Waals surface area contributed by atoms with Crippen molar-refractivity contribution in [3.8, 4) is 0 Å². The standard InChI is InChI=1S/C19H20FN3O2/c1-12-7-8-15(11-16(12)20)22-19(25)21-13(2)18(24)23-10-9-14-5-3-4-6-17(14)23/h3-8,11,13H,9-10H2,1-2H3,(H2,21,22,25)/t13-/m0/s1. The Morgan fingerprint density at radius 3 is 2.72 bits per heavy atom. The molecule has 0 bridgehead atoms. The monoisotopic (exact) mass is 341 g/mol. The van der Waals surface area contributed by atoms with Gasteiger partial charge in [0.15, 0.2) is 0 Å². The second-order valence-corrected chi connectivity index (χ2v) is 6.15. The zero-order valence-corrected chi connectivity index (χ0v) is 14.2. The van der Waals surface area contributed by atoms with Gasteiger partial charge in [0, 0.05) is 17.9 Å². The van der Waals surface area contributed by atoms with Gasteiger partial charge in [0.25, 0.3) is 0 Å². The zero-order chi connectivity index (χ0) is 18.0. The van der Waals surface area contributed by atoms with Crippen LogP contribution in [0.1, 0.15) is 18.1 Å². The lowest BCUT2D eigenvalue weighted by Crippen LogP contribution is -2.47. The first kappa shape index (κ1) is 17.0. The Morgan fingerprint density at radius 1 is 1.20 bits per heavy atom. The Kier molecular flexibility index (Phi) is 4.70. The number of hydrogen-bond acceptors (Lipinski definition) is 2. The highest BCUT2D eigenvalue weighted by molar-refractivity contribution is 6.01. The Morgan fingerprint density at radius 2 is 1.96 bits per heavy atom. The molecule has 1 aliphatic heterocycles. The van der Waals surface area contributed by atoms with Gasteiger partial charge in [-0.25, -0.2) is 9.18 Å². The molecule has 5 nitrogen and oxygen atoms in total. The van der Waals surface area contributed by atoms with E-state index in [-0.39, 0.29) is 5.91 Å². The highest BCUT2D eigenvalue weighted by Gasteiger charge is 2.28. The van der Waals surface area contributed by atoms with Gasteiger partial charge < -0.3 is 15.5 Å². The van der Waals surface area contributed by atoms with Crippen LogP contribution >= 0.6 is 0 Å². The van der Waals surface area contributed by atoms with E-state index in [4.69, 9.17) is 0 Å². The highest BCUT2D eigenvalue weighted by atomic mass is 19.1. The lowest BCUT2D eigenvalue weighted by Gasteiger charge is -2.22. The van der Waals surface area contributed by atoms with Crippen LogP contribution < -0.4 is 15.5 Å². The van der Waals surface area contributed by atoms with Gasteiger partial charge in [-0.2, -0.15) is 0 Å². The summed E-state index contributed by atoms with van der Waals surface area (Å²) in [5, 5.41) is 5.15. The molecule has 0 fully saturated rings. The maximum atomic E-state index is 13.5. The molecule has 25 heavy (non-hydrogen) atoms. The number of aryl methyl sites for hydroxylation is 1. The average molecular weight is 341 g/mol. The fourth-order valence-electron chi connectivity index (χ4n) is 2.90. The van der Waals surface area contributed by atoms with Gasteiger partial charge in [-0.15, -0.1) is 0 Å². The van der Waals surface area contributed by atoms with Crippen molar-refractivity contribution in [2.24, 2.45) is 0 Å². The zero-order valence-electron chi connectivity index (χ0n) is 14.2. The van der Waals surface area contributed by atoms with Crippen molar-refractivity contribution in [3.63, 3.8) is 0 Å². The van der Waals surface area contributed by atoms with Crippen LogP contribution in [0.3, 0.4) is 0 Å². The number of carbonyl (C=O) groups is 2. The summed E-state index contributed by atoms with van der Waals surface area (Å²) in [5.74, 6) is -0.564. The smallest absolute Gasteiger partial charge is 0.319 e. The third kappa shape index (κ3) is 3.63.